The minimum atomic E-state index is -0.416. The van der Waals surface area contributed by atoms with Gasteiger partial charge in [0.15, 0.2) is 23.1 Å². The van der Waals surface area contributed by atoms with E-state index in [0.29, 0.717) is 22.3 Å². The molecule has 11 rings (SSSR count). The van der Waals surface area contributed by atoms with Crippen molar-refractivity contribution in [2.24, 2.45) is 0 Å². The fraction of sp³-hybridized carbons (Fsp3) is 0.130. The van der Waals surface area contributed by atoms with Crippen LogP contribution in [0.1, 0.15) is 95.6 Å². The average Bonchev–Trinajstić information content (AvgIpc) is 3.97. The third kappa shape index (κ3) is 3.99. The van der Waals surface area contributed by atoms with Crippen molar-refractivity contribution >= 4 is 100 Å². The van der Waals surface area contributed by atoms with Gasteiger partial charge in [0.1, 0.15) is 0 Å². The lowest BCUT2D eigenvalue weighted by molar-refractivity contribution is 0.0974. The van der Waals surface area contributed by atoms with Crippen molar-refractivity contribution in [3.8, 4) is 9.75 Å². The number of Topliss-reactive ketones (excluding diaryl/α,β-unsaturated/α-hetero) is 4. The number of rotatable bonds is 2. The van der Waals surface area contributed by atoms with E-state index in [4.69, 9.17) is 0 Å². The Labute approximate surface area is 316 Å². The number of thiophene rings is 3. The Bertz CT molecular complexity index is 2960. The summed E-state index contributed by atoms with van der Waals surface area (Å²) in [5, 5.41) is 3.79. The normalized spacial score (nSPS) is 17.5. The van der Waals surface area contributed by atoms with Crippen LogP contribution in [0.4, 0.5) is 0 Å². The van der Waals surface area contributed by atoms with Gasteiger partial charge in [0.05, 0.1) is 25.4 Å². The van der Waals surface area contributed by atoms with Gasteiger partial charge < -0.3 is 0 Å². The number of ketones is 4. The van der Waals surface area contributed by atoms with Crippen LogP contribution in [-0.4, -0.2) is 23.1 Å². The Kier molecular flexibility index (Phi) is 6.01. The van der Waals surface area contributed by atoms with Gasteiger partial charge in [0.2, 0.25) is 0 Å². The highest BCUT2D eigenvalue weighted by Crippen LogP contribution is 2.63. The van der Waals surface area contributed by atoms with Gasteiger partial charge in [-0.05, 0) is 92.4 Å². The molecule has 4 aliphatic rings. The zero-order valence-corrected chi connectivity index (χ0v) is 31.5. The molecule has 0 radical (unpaired) electrons. The first-order valence-corrected chi connectivity index (χ1v) is 20.0. The van der Waals surface area contributed by atoms with E-state index in [1.807, 2.05) is 90.2 Å². The van der Waals surface area contributed by atoms with Gasteiger partial charge in [0.25, 0.3) is 0 Å². The van der Waals surface area contributed by atoms with Crippen LogP contribution in [0.3, 0.4) is 0 Å². The molecule has 4 aromatic carbocycles. The second-order valence-electron chi connectivity index (χ2n) is 15.5. The zero-order valence-electron chi connectivity index (χ0n) is 29.1. The Balaban J connectivity index is 0.960. The SMILES string of the molecule is CC1(C)C(C=C2C(=O)c3cc4ccccc4cc3C2=O)=Cc2sc3c4c(sc3c21)-c1sc(C=C2C(=O)c3cc5ccccc5cc3C2=O)cc1C4(C)C. The predicted molar refractivity (Wildman–Crippen MR) is 217 cm³/mol. The van der Waals surface area contributed by atoms with Crippen LogP contribution in [-0.2, 0) is 10.8 Å². The number of benzene rings is 4. The molecular formula is C46H28O4S3. The Morgan fingerprint density at radius 3 is 1.49 bits per heavy atom. The third-order valence-corrected chi connectivity index (χ3v) is 15.5. The van der Waals surface area contributed by atoms with Gasteiger partial charge in [-0.15, -0.1) is 34.0 Å². The standard InChI is InChI=1S/C46H28O4S3/c1-45(2)25(17-31-37(47)27-13-21-9-5-6-10-22(21)14-28(27)38(31)48)18-34-35(45)42-44(52-34)36-43(53-42)41-33(46(36,3)4)20-26(51-41)19-32-39(49)29-15-23-11-7-8-12-24(23)16-30(29)40(32)50/h5-20H,1-4H3. The minimum Gasteiger partial charge on any atom is -0.288 e. The van der Waals surface area contributed by atoms with E-state index >= 15 is 0 Å². The van der Waals surface area contributed by atoms with Crippen LogP contribution in [0, 0.1) is 0 Å². The fourth-order valence-corrected chi connectivity index (χ4v) is 13.8. The molecule has 0 fully saturated rings. The first kappa shape index (κ1) is 31.2. The molecule has 0 saturated carbocycles. The van der Waals surface area contributed by atoms with Gasteiger partial charge in [-0.25, -0.2) is 0 Å². The molecule has 0 spiro atoms. The lowest BCUT2D eigenvalue weighted by atomic mass is 9.80. The Hall–Kier alpha value is -5.34. The third-order valence-electron chi connectivity index (χ3n) is 11.8. The summed E-state index contributed by atoms with van der Waals surface area (Å²) in [7, 11) is 0. The van der Waals surface area contributed by atoms with Crippen LogP contribution in [0.15, 0.2) is 102 Å². The Morgan fingerprint density at radius 2 is 0.981 bits per heavy atom. The highest BCUT2D eigenvalue weighted by molar-refractivity contribution is 7.32. The van der Waals surface area contributed by atoms with Crippen molar-refractivity contribution in [2.75, 3.05) is 0 Å². The van der Waals surface area contributed by atoms with Gasteiger partial charge in [-0.3, -0.25) is 19.2 Å². The van der Waals surface area contributed by atoms with E-state index in [1.54, 1.807) is 28.7 Å². The van der Waals surface area contributed by atoms with Crippen LogP contribution in [0.2, 0.25) is 0 Å². The molecule has 53 heavy (non-hydrogen) atoms. The van der Waals surface area contributed by atoms with Crippen molar-refractivity contribution in [1.29, 1.82) is 0 Å². The minimum absolute atomic E-state index is 0.209. The number of carbonyl (C=O) groups excluding carboxylic acids is 4. The van der Waals surface area contributed by atoms with Gasteiger partial charge >= 0.3 is 0 Å². The van der Waals surface area contributed by atoms with Crippen molar-refractivity contribution in [2.45, 2.75) is 38.5 Å². The van der Waals surface area contributed by atoms with Gasteiger partial charge in [-0.1, -0.05) is 76.2 Å². The molecule has 0 amide bonds. The van der Waals surface area contributed by atoms with E-state index in [-0.39, 0.29) is 39.7 Å². The van der Waals surface area contributed by atoms with Crippen molar-refractivity contribution < 1.29 is 19.2 Å². The molecule has 4 aliphatic carbocycles. The number of hydrogen-bond acceptors (Lipinski definition) is 7. The summed E-state index contributed by atoms with van der Waals surface area (Å²) < 4.78 is 2.54. The van der Waals surface area contributed by atoms with E-state index in [9.17, 15) is 19.2 Å². The summed E-state index contributed by atoms with van der Waals surface area (Å²) in [6, 6.07) is 25.2. The molecule has 3 aromatic heterocycles. The molecule has 7 heteroatoms. The molecule has 0 aliphatic heterocycles. The topological polar surface area (TPSA) is 68.3 Å². The molecule has 0 N–H and O–H groups in total. The van der Waals surface area contributed by atoms with Gasteiger partial charge in [0, 0.05) is 47.7 Å². The Morgan fingerprint density at radius 1 is 0.509 bits per heavy atom. The number of fused-ring (bicyclic) bond motifs is 11. The maximum Gasteiger partial charge on any atom is 0.197 e. The highest BCUT2D eigenvalue weighted by Gasteiger charge is 2.45. The molecular weight excluding hydrogens is 713 g/mol. The first-order valence-electron chi connectivity index (χ1n) is 17.6. The number of hydrogen-bond donors (Lipinski definition) is 0. The summed E-state index contributed by atoms with van der Waals surface area (Å²) in [5.74, 6) is -0.844. The molecule has 4 nitrogen and oxygen atoms in total. The average molecular weight is 741 g/mol. The van der Waals surface area contributed by atoms with Crippen molar-refractivity contribution in [3.63, 3.8) is 0 Å². The zero-order chi connectivity index (χ0) is 36.3. The maximum absolute atomic E-state index is 13.7. The molecule has 0 atom stereocenters. The van der Waals surface area contributed by atoms with E-state index in [1.165, 1.54) is 40.7 Å². The molecule has 7 aromatic rings. The van der Waals surface area contributed by atoms with Crippen LogP contribution < -0.4 is 0 Å². The number of carbonyl (C=O) groups is 4. The first-order chi connectivity index (χ1) is 25.4. The maximum atomic E-state index is 13.7. The van der Waals surface area contributed by atoms with Crippen molar-refractivity contribution in [1.82, 2.24) is 0 Å². The molecule has 0 bridgehead atoms. The predicted octanol–water partition coefficient (Wildman–Crippen LogP) is 11.8. The van der Waals surface area contributed by atoms with Gasteiger partial charge in [-0.2, -0.15) is 0 Å². The monoisotopic (exact) mass is 740 g/mol. The molecule has 3 heterocycles. The lowest BCUT2D eigenvalue weighted by Gasteiger charge is -2.22. The lowest BCUT2D eigenvalue weighted by Crippen LogP contribution is -2.17. The summed E-state index contributed by atoms with van der Waals surface area (Å²) in [6.07, 6.45) is 5.80. The summed E-state index contributed by atoms with van der Waals surface area (Å²) in [6.45, 7) is 8.90. The summed E-state index contributed by atoms with van der Waals surface area (Å²) in [4.78, 5) is 58.9. The van der Waals surface area contributed by atoms with Crippen molar-refractivity contribution in [3.05, 3.63) is 150 Å². The fourth-order valence-electron chi connectivity index (χ4n) is 8.89. The number of allylic oxidation sites excluding steroid dienone is 4. The quantitative estimate of drug-likeness (QED) is 0.131. The second kappa shape index (κ2) is 10.2. The second-order valence-corrected chi connectivity index (χ2v) is 18.6. The molecule has 254 valence electrons. The smallest absolute Gasteiger partial charge is 0.197 e. The van der Waals surface area contributed by atoms with E-state index in [2.05, 4.69) is 39.8 Å². The van der Waals surface area contributed by atoms with Crippen LogP contribution >= 0.6 is 34.0 Å². The van der Waals surface area contributed by atoms with Crippen LogP contribution in [0.25, 0.3) is 52.9 Å². The van der Waals surface area contributed by atoms with E-state index in [0.717, 1.165) is 32.0 Å². The largest absolute Gasteiger partial charge is 0.288 e. The summed E-state index contributed by atoms with van der Waals surface area (Å²) >= 11 is 5.25. The van der Waals surface area contributed by atoms with Crippen LogP contribution in [0.5, 0.6) is 0 Å². The molecule has 0 saturated heterocycles. The van der Waals surface area contributed by atoms with E-state index < -0.39 is 5.41 Å². The summed E-state index contributed by atoms with van der Waals surface area (Å²) in [5.41, 5.74) is 6.45. The molecule has 0 unspecified atom stereocenters. The highest BCUT2D eigenvalue weighted by atomic mass is 32.1.